The number of benzene rings is 2. The van der Waals surface area contributed by atoms with Crippen LogP contribution in [-0.2, 0) is 16.4 Å². The molecule has 1 amide bonds. The predicted molar refractivity (Wildman–Crippen MR) is 125 cm³/mol. The number of nitrogens with zero attached hydrogens (tertiary/aromatic N) is 2. The van der Waals surface area contributed by atoms with Gasteiger partial charge in [0, 0.05) is 24.3 Å². The van der Waals surface area contributed by atoms with Crippen LogP contribution in [-0.4, -0.2) is 30.1 Å². The number of carbonyl (C=O) groups is 1. The molecule has 0 fully saturated rings. The van der Waals surface area contributed by atoms with Crippen molar-refractivity contribution in [2.24, 2.45) is 0 Å². The molecule has 1 N–H and O–H groups in total. The molecule has 0 radical (unpaired) electrons. The van der Waals surface area contributed by atoms with E-state index in [2.05, 4.69) is 10.3 Å². The molecule has 0 saturated carbocycles. The van der Waals surface area contributed by atoms with E-state index in [0.717, 1.165) is 6.26 Å². The summed E-state index contributed by atoms with van der Waals surface area (Å²) >= 11 is 0. The normalized spacial score (nSPS) is 11.4. The molecule has 2 aromatic carbocycles. The largest absolute Gasteiger partial charge is 0.340 e. The van der Waals surface area contributed by atoms with Crippen LogP contribution in [0.2, 0.25) is 0 Å². The molecular formula is C25H21F2N3O3S. The molecule has 0 aliphatic heterocycles. The minimum absolute atomic E-state index is 0.125. The topological polar surface area (TPSA) is 81.1 Å². The average Bonchev–Trinajstić information content (AvgIpc) is 3.10. The van der Waals surface area contributed by atoms with Crippen LogP contribution in [0.4, 0.5) is 14.5 Å². The summed E-state index contributed by atoms with van der Waals surface area (Å²) in [6, 6.07) is 14.7. The van der Waals surface area contributed by atoms with Gasteiger partial charge < -0.3 is 9.88 Å². The van der Waals surface area contributed by atoms with Crippen molar-refractivity contribution in [3.63, 3.8) is 0 Å². The Kier molecular flexibility index (Phi) is 6.30. The highest BCUT2D eigenvalue weighted by atomic mass is 32.2. The minimum atomic E-state index is -3.37. The van der Waals surface area contributed by atoms with E-state index in [1.807, 2.05) is 0 Å². The fourth-order valence-electron chi connectivity index (χ4n) is 3.72. The van der Waals surface area contributed by atoms with Gasteiger partial charge in [0.05, 0.1) is 34.0 Å². The summed E-state index contributed by atoms with van der Waals surface area (Å²) < 4.78 is 54.3. The Bertz CT molecular complexity index is 1450. The third kappa shape index (κ3) is 4.74. The summed E-state index contributed by atoms with van der Waals surface area (Å²) in [5.41, 5.74) is 1.66. The number of amides is 1. The van der Waals surface area contributed by atoms with Crippen molar-refractivity contribution in [3.8, 4) is 11.3 Å². The van der Waals surface area contributed by atoms with Crippen LogP contribution >= 0.6 is 0 Å². The molecule has 0 atom stereocenters. The lowest BCUT2D eigenvalue weighted by Gasteiger charge is -2.12. The fraction of sp³-hybridized carbons (Fsp3) is 0.120. The highest BCUT2D eigenvalue weighted by molar-refractivity contribution is 7.90. The molecule has 9 heteroatoms. The summed E-state index contributed by atoms with van der Waals surface area (Å²) in [4.78, 5) is 17.5. The zero-order valence-corrected chi connectivity index (χ0v) is 19.2. The van der Waals surface area contributed by atoms with Crippen LogP contribution in [0.5, 0.6) is 0 Å². The summed E-state index contributed by atoms with van der Waals surface area (Å²) in [6.45, 7) is 1.82. The minimum Gasteiger partial charge on any atom is -0.340 e. The maximum Gasteiger partial charge on any atom is 0.257 e. The van der Waals surface area contributed by atoms with E-state index in [9.17, 15) is 22.0 Å². The summed E-state index contributed by atoms with van der Waals surface area (Å²) in [6.07, 6.45) is 4.24. The molecule has 0 saturated heterocycles. The number of nitrogens with one attached hydrogen (secondary N) is 1. The van der Waals surface area contributed by atoms with Crippen molar-refractivity contribution < 1.29 is 22.0 Å². The molecule has 4 aromatic rings. The van der Waals surface area contributed by atoms with Gasteiger partial charge in [-0.05, 0) is 61.0 Å². The van der Waals surface area contributed by atoms with E-state index in [1.165, 1.54) is 48.7 Å². The third-order valence-electron chi connectivity index (χ3n) is 5.37. The van der Waals surface area contributed by atoms with Crippen molar-refractivity contribution >= 4 is 21.4 Å². The second-order valence-corrected chi connectivity index (χ2v) is 9.83. The Morgan fingerprint density at radius 2 is 1.68 bits per heavy atom. The van der Waals surface area contributed by atoms with Gasteiger partial charge in [0.1, 0.15) is 11.6 Å². The van der Waals surface area contributed by atoms with E-state index < -0.39 is 27.4 Å². The van der Waals surface area contributed by atoms with Crippen molar-refractivity contribution in [1.29, 1.82) is 0 Å². The van der Waals surface area contributed by atoms with Gasteiger partial charge in [-0.2, -0.15) is 0 Å². The number of rotatable bonds is 6. The number of halogens is 2. The first-order chi connectivity index (χ1) is 16.1. The van der Waals surface area contributed by atoms with Crippen LogP contribution < -0.4 is 5.32 Å². The maximum absolute atomic E-state index is 14.7. The molecule has 0 spiro atoms. The van der Waals surface area contributed by atoms with Crippen molar-refractivity contribution in [2.45, 2.75) is 18.4 Å². The number of hydrogen-bond acceptors (Lipinski definition) is 4. The first-order valence-corrected chi connectivity index (χ1v) is 12.2. The van der Waals surface area contributed by atoms with Crippen LogP contribution in [0.15, 0.2) is 78.0 Å². The molecule has 34 heavy (non-hydrogen) atoms. The van der Waals surface area contributed by atoms with Crippen LogP contribution in [0.1, 0.15) is 21.6 Å². The van der Waals surface area contributed by atoms with Crippen molar-refractivity contribution in [1.82, 2.24) is 9.55 Å². The van der Waals surface area contributed by atoms with Gasteiger partial charge in [-0.15, -0.1) is 0 Å². The maximum atomic E-state index is 14.7. The number of anilines is 1. The van der Waals surface area contributed by atoms with E-state index in [1.54, 1.807) is 35.9 Å². The smallest absolute Gasteiger partial charge is 0.257 e. The van der Waals surface area contributed by atoms with Gasteiger partial charge in [-0.3, -0.25) is 9.78 Å². The Morgan fingerprint density at radius 3 is 2.26 bits per heavy atom. The van der Waals surface area contributed by atoms with Gasteiger partial charge in [0.2, 0.25) is 0 Å². The van der Waals surface area contributed by atoms with E-state index >= 15 is 0 Å². The van der Waals surface area contributed by atoms with Gasteiger partial charge in [0.25, 0.3) is 5.91 Å². The second kappa shape index (κ2) is 9.18. The average molecular weight is 482 g/mol. The molecule has 4 rings (SSSR count). The SMILES string of the molecule is Cc1c(C(=O)Nc2ccc(S(C)(=O)=O)cc2)cn(Cc2ccccn2)c1-c1c(F)cccc1F. The summed E-state index contributed by atoms with van der Waals surface area (Å²) in [7, 11) is -3.37. The zero-order chi connectivity index (χ0) is 24.5. The number of sulfone groups is 1. The Morgan fingerprint density at radius 1 is 1.00 bits per heavy atom. The van der Waals surface area contributed by atoms with Gasteiger partial charge in [0.15, 0.2) is 9.84 Å². The number of carbonyl (C=O) groups excluding carboxylic acids is 1. The van der Waals surface area contributed by atoms with Gasteiger partial charge >= 0.3 is 0 Å². The first kappa shape index (κ1) is 23.3. The zero-order valence-electron chi connectivity index (χ0n) is 18.4. The van der Waals surface area contributed by atoms with E-state index in [0.29, 0.717) is 16.9 Å². The highest BCUT2D eigenvalue weighted by Crippen LogP contribution is 2.33. The van der Waals surface area contributed by atoms with Crippen LogP contribution in [0.3, 0.4) is 0 Å². The van der Waals surface area contributed by atoms with Crippen LogP contribution in [0.25, 0.3) is 11.3 Å². The number of aromatic nitrogens is 2. The standard InChI is InChI=1S/C25H21F2N3O3S/c1-16-20(25(31)29-17-9-11-19(12-10-17)34(2,32)33)15-30(14-18-6-3-4-13-28-18)24(16)23-21(26)7-5-8-22(23)27/h3-13,15H,14H2,1-2H3,(H,29,31). The lowest BCUT2D eigenvalue weighted by molar-refractivity contribution is 0.102. The highest BCUT2D eigenvalue weighted by Gasteiger charge is 2.24. The van der Waals surface area contributed by atoms with Crippen molar-refractivity contribution in [2.75, 3.05) is 11.6 Å². The monoisotopic (exact) mass is 481 g/mol. The summed E-state index contributed by atoms with van der Waals surface area (Å²) in [5, 5.41) is 2.71. The van der Waals surface area contributed by atoms with Gasteiger partial charge in [-0.1, -0.05) is 12.1 Å². The number of pyridine rings is 1. The lowest BCUT2D eigenvalue weighted by Crippen LogP contribution is -2.12. The molecule has 0 unspecified atom stereocenters. The fourth-order valence-corrected chi connectivity index (χ4v) is 4.35. The number of hydrogen-bond donors (Lipinski definition) is 1. The molecule has 174 valence electrons. The molecule has 0 aliphatic rings. The van der Waals surface area contributed by atoms with E-state index in [4.69, 9.17) is 0 Å². The lowest BCUT2D eigenvalue weighted by atomic mass is 10.0. The first-order valence-electron chi connectivity index (χ1n) is 10.3. The summed E-state index contributed by atoms with van der Waals surface area (Å²) in [5.74, 6) is -1.99. The molecule has 2 heterocycles. The van der Waals surface area contributed by atoms with Gasteiger partial charge in [-0.25, -0.2) is 17.2 Å². The predicted octanol–water partition coefficient (Wildman–Crippen LogP) is 4.84. The van der Waals surface area contributed by atoms with Crippen molar-refractivity contribution in [3.05, 3.63) is 102 Å². The van der Waals surface area contributed by atoms with Crippen LogP contribution in [0, 0.1) is 18.6 Å². The molecule has 6 nitrogen and oxygen atoms in total. The van der Waals surface area contributed by atoms with E-state index in [-0.39, 0.29) is 28.3 Å². The molecule has 0 aliphatic carbocycles. The molecular weight excluding hydrogens is 460 g/mol. The molecule has 0 bridgehead atoms. The second-order valence-electron chi connectivity index (χ2n) is 7.81. The Labute approximate surface area is 195 Å². The Hall–Kier alpha value is -3.85. The quantitative estimate of drug-likeness (QED) is 0.427. The Balaban J connectivity index is 1.75. The third-order valence-corrected chi connectivity index (χ3v) is 6.50. The molecule has 2 aromatic heterocycles.